The summed E-state index contributed by atoms with van der Waals surface area (Å²) in [6, 6.07) is 0. The summed E-state index contributed by atoms with van der Waals surface area (Å²) >= 11 is 0. The molecular formula is C13H23N3. The van der Waals surface area contributed by atoms with Gasteiger partial charge in [-0.3, -0.25) is 0 Å². The van der Waals surface area contributed by atoms with Gasteiger partial charge in [-0.2, -0.15) is 0 Å². The molecule has 90 valence electrons. The maximum Gasteiger partial charge on any atom is 0.0948 e. The normalized spacial score (nSPS) is 19.1. The van der Waals surface area contributed by atoms with Gasteiger partial charge in [-0.25, -0.2) is 4.98 Å². The molecule has 1 aromatic heterocycles. The van der Waals surface area contributed by atoms with E-state index in [-0.39, 0.29) is 0 Å². The van der Waals surface area contributed by atoms with Gasteiger partial charge in [0.1, 0.15) is 0 Å². The lowest BCUT2D eigenvalue weighted by Crippen LogP contribution is -2.29. The molecule has 3 heteroatoms. The van der Waals surface area contributed by atoms with Gasteiger partial charge in [-0.05, 0) is 25.2 Å². The Morgan fingerprint density at radius 3 is 2.88 bits per heavy atom. The minimum Gasteiger partial charge on any atom is -0.334 e. The van der Waals surface area contributed by atoms with Crippen molar-refractivity contribution >= 4 is 0 Å². The first-order chi connectivity index (χ1) is 7.73. The highest BCUT2D eigenvalue weighted by atomic mass is 15.1. The SMILES string of the molecule is CCn1cncc1CNCC1(C)CCCC1. The number of hydrogen-bond acceptors (Lipinski definition) is 2. The summed E-state index contributed by atoms with van der Waals surface area (Å²) in [5, 5.41) is 3.58. The van der Waals surface area contributed by atoms with Crippen molar-refractivity contribution in [2.24, 2.45) is 5.41 Å². The molecule has 1 saturated carbocycles. The molecular weight excluding hydrogens is 198 g/mol. The van der Waals surface area contributed by atoms with Crippen molar-refractivity contribution in [1.29, 1.82) is 0 Å². The van der Waals surface area contributed by atoms with Crippen LogP contribution in [0.1, 0.15) is 45.2 Å². The van der Waals surface area contributed by atoms with Gasteiger partial charge in [-0.1, -0.05) is 19.8 Å². The highest BCUT2D eigenvalue weighted by Crippen LogP contribution is 2.36. The van der Waals surface area contributed by atoms with Gasteiger partial charge in [0.15, 0.2) is 0 Å². The summed E-state index contributed by atoms with van der Waals surface area (Å²) in [5.41, 5.74) is 1.83. The topological polar surface area (TPSA) is 29.9 Å². The van der Waals surface area contributed by atoms with Crippen molar-refractivity contribution in [2.45, 2.75) is 52.6 Å². The first kappa shape index (κ1) is 11.6. The van der Waals surface area contributed by atoms with Crippen molar-refractivity contribution < 1.29 is 0 Å². The summed E-state index contributed by atoms with van der Waals surface area (Å²) in [5.74, 6) is 0. The van der Waals surface area contributed by atoms with Crippen LogP contribution < -0.4 is 5.32 Å². The Kier molecular flexibility index (Phi) is 3.64. The Balaban J connectivity index is 1.79. The summed E-state index contributed by atoms with van der Waals surface area (Å²) in [6.45, 7) is 7.66. The smallest absolute Gasteiger partial charge is 0.0948 e. The molecule has 0 spiro atoms. The third-order valence-electron chi connectivity index (χ3n) is 3.81. The van der Waals surface area contributed by atoms with Gasteiger partial charge in [0.05, 0.1) is 12.0 Å². The first-order valence-electron chi connectivity index (χ1n) is 6.43. The number of nitrogens with zero attached hydrogens (tertiary/aromatic N) is 2. The fraction of sp³-hybridized carbons (Fsp3) is 0.769. The average Bonchev–Trinajstić information content (AvgIpc) is 2.88. The third-order valence-corrected chi connectivity index (χ3v) is 3.81. The van der Waals surface area contributed by atoms with E-state index in [1.165, 1.54) is 31.4 Å². The average molecular weight is 221 g/mol. The van der Waals surface area contributed by atoms with Crippen LogP contribution in [0.4, 0.5) is 0 Å². The van der Waals surface area contributed by atoms with Gasteiger partial charge in [0, 0.05) is 25.8 Å². The van der Waals surface area contributed by atoms with Gasteiger partial charge < -0.3 is 9.88 Å². The Morgan fingerprint density at radius 1 is 1.44 bits per heavy atom. The summed E-state index contributed by atoms with van der Waals surface area (Å²) in [6.07, 6.45) is 9.46. The highest BCUT2D eigenvalue weighted by molar-refractivity contribution is 4.98. The van der Waals surface area contributed by atoms with E-state index in [1.807, 2.05) is 12.5 Å². The van der Waals surface area contributed by atoms with Crippen LogP contribution >= 0.6 is 0 Å². The number of hydrogen-bond donors (Lipinski definition) is 1. The standard InChI is InChI=1S/C13H23N3/c1-3-16-11-15-9-12(16)8-14-10-13(2)6-4-5-7-13/h9,11,14H,3-8,10H2,1-2H3. The van der Waals surface area contributed by atoms with E-state index in [0.717, 1.165) is 19.6 Å². The molecule has 1 aromatic rings. The first-order valence-corrected chi connectivity index (χ1v) is 6.43. The van der Waals surface area contributed by atoms with Crippen LogP contribution in [0.25, 0.3) is 0 Å². The highest BCUT2D eigenvalue weighted by Gasteiger charge is 2.27. The monoisotopic (exact) mass is 221 g/mol. The van der Waals surface area contributed by atoms with E-state index in [4.69, 9.17) is 0 Å². The third kappa shape index (κ3) is 2.64. The van der Waals surface area contributed by atoms with E-state index < -0.39 is 0 Å². The lowest BCUT2D eigenvalue weighted by molar-refractivity contribution is 0.313. The van der Waals surface area contributed by atoms with Crippen LogP contribution in [0.5, 0.6) is 0 Å². The molecule has 0 atom stereocenters. The van der Waals surface area contributed by atoms with E-state index in [9.17, 15) is 0 Å². The lowest BCUT2D eigenvalue weighted by Gasteiger charge is -2.23. The van der Waals surface area contributed by atoms with E-state index >= 15 is 0 Å². The summed E-state index contributed by atoms with van der Waals surface area (Å²) in [4.78, 5) is 4.18. The second-order valence-electron chi connectivity index (χ2n) is 5.29. The van der Waals surface area contributed by atoms with Gasteiger partial charge in [0.2, 0.25) is 0 Å². The molecule has 1 fully saturated rings. The largest absolute Gasteiger partial charge is 0.334 e. The summed E-state index contributed by atoms with van der Waals surface area (Å²) < 4.78 is 2.20. The number of aromatic nitrogens is 2. The molecule has 1 aliphatic rings. The van der Waals surface area contributed by atoms with Gasteiger partial charge in [0.25, 0.3) is 0 Å². The minimum atomic E-state index is 0.539. The molecule has 1 aliphatic carbocycles. The van der Waals surface area contributed by atoms with Crippen molar-refractivity contribution in [3.8, 4) is 0 Å². The van der Waals surface area contributed by atoms with Gasteiger partial charge >= 0.3 is 0 Å². The Bertz CT molecular complexity index is 324. The number of nitrogens with one attached hydrogen (secondary N) is 1. The zero-order valence-electron chi connectivity index (χ0n) is 10.5. The van der Waals surface area contributed by atoms with Crippen molar-refractivity contribution in [3.05, 3.63) is 18.2 Å². The molecule has 0 unspecified atom stereocenters. The number of imidazole rings is 1. The van der Waals surface area contributed by atoms with E-state index in [0.29, 0.717) is 5.41 Å². The van der Waals surface area contributed by atoms with Crippen molar-refractivity contribution in [2.75, 3.05) is 6.54 Å². The van der Waals surface area contributed by atoms with Crippen LogP contribution in [0, 0.1) is 5.41 Å². The molecule has 3 nitrogen and oxygen atoms in total. The zero-order valence-corrected chi connectivity index (χ0v) is 10.5. The molecule has 0 aromatic carbocycles. The second-order valence-corrected chi connectivity index (χ2v) is 5.29. The zero-order chi connectivity index (χ0) is 11.4. The number of aryl methyl sites for hydroxylation is 1. The minimum absolute atomic E-state index is 0.539. The quantitative estimate of drug-likeness (QED) is 0.828. The Hall–Kier alpha value is -0.830. The maximum atomic E-state index is 4.18. The second kappa shape index (κ2) is 5.00. The molecule has 0 aliphatic heterocycles. The predicted molar refractivity (Wildman–Crippen MR) is 66.2 cm³/mol. The molecule has 2 rings (SSSR count). The maximum absolute atomic E-state index is 4.18. The molecule has 0 saturated heterocycles. The van der Waals surface area contributed by atoms with E-state index in [2.05, 4.69) is 28.7 Å². The number of rotatable bonds is 5. The van der Waals surface area contributed by atoms with Gasteiger partial charge in [-0.15, -0.1) is 0 Å². The summed E-state index contributed by atoms with van der Waals surface area (Å²) in [7, 11) is 0. The fourth-order valence-electron chi connectivity index (χ4n) is 2.68. The van der Waals surface area contributed by atoms with E-state index in [1.54, 1.807) is 0 Å². The molecule has 1 N–H and O–H groups in total. The fourth-order valence-corrected chi connectivity index (χ4v) is 2.68. The molecule has 0 radical (unpaired) electrons. The molecule has 1 heterocycles. The van der Waals surface area contributed by atoms with Crippen LogP contribution in [0.2, 0.25) is 0 Å². The van der Waals surface area contributed by atoms with Crippen LogP contribution in [0.15, 0.2) is 12.5 Å². The molecule has 16 heavy (non-hydrogen) atoms. The van der Waals surface area contributed by atoms with Crippen molar-refractivity contribution in [3.63, 3.8) is 0 Å². The van der Waals surface area contributed by atoms with Crippen LogP contribution in [0.3, 0.4) is 0 Å². The van der Waals surface area contributed by atoms with Crippen LogP contribution in [-0.2, 0) is 13.1 Å². The Morgan fingerprint density at radius 2 is 2.19 bits per heavy atom. The molecule has 0 bridgehead atoms. The predicted octanol–water partition coefficient (Wildman–Crippen LogP) is 2.57. The Labute approximate surface area is 98.3 Å². The lowest BCUT2D eigenvalue weighted by atomic mass is 9.89. The van der Waals surface area contributed by atoms with Crippen molar-refractivity contribution in [1.82, 2.24) is 14.9 Å². The molecule has 0 amide bonds. The van der Waals surface area contributed by atoms with Crippen LogP contribution in [-0.4, -0.2) is 16.1 Å².